The van der Waals surface area contributed by atoms with Gasteiger partial charge in [0.05, 0.1) is 12.2 Å². The molecule has 5 heteroatoms. The van der Waals surface area contributed by atoms with Gasteiger partial charge in [-0.3, -0.25) is 9.67 Å². The fourth-order valence-corrected chi connectivity index (χ4v) is 3.19. The van der Waals surface area contributed by atoms with Crippen molar-refractivity contribution in [2.45, 2.75) is 31.2 Å². The van der Waals surface area contributed by atoms with Crippen LogP contribution < -0.4 is 10.6 Å². The molecule has 1 fully saturated rings. The zero-order valence-electron chi connectivity index (χ0n) is 13.9. The molecule has 1 aromatic heterocycles. The van der Waals surface area contributed by atoms with E-state index >= 15 is 0 Å². The first kappa shape index (κ1) is 15.6. The fraction of sp³-hybridized carbons (Fsp3) is 0.444. The van der Waals surface area contributed by atoms with Gasteiger partial charge in [0, 0.05) is 32.3 Å². The molecular weight excluding hydrogens is 286 g/mol. The molecule has 0 amide bonds. The van der Waals surface area contributed by atoms with Crippen molar-refractivity contribution < 1.29 is 0 Å². The third-order valence-corrected chi connectivity index (χ3v) is 4.87. The highest BCUT2D eigenvalue weighted by molar-refractivity contribution is 5.79. The highest BCUT2D eigenvalue weighted by Gasteiger charge is 2.38. The molecule has 1 heterocycles. The Kier molecular flexibility index (Phi) is 4.65. The lowest BCUT2D eigenvalue weighted by Gasteiger charge is -2.43. The largest absolute Gasteiger partial charge is 0.356 e. The van der Waals surface area contributed by atoms with E-state index in [0.29, 0.717) is 6.54 Å². The predicted molar refractivity (Wildman–Crippen MR) is 93.4 cm³/mol. The summed E-state index contributed by atoms with van der Waals surface area (Å²) < 4.78 is 1.87. The maximum Gasteiger partial charge on any atom is 0.191 e. The second-order valence-electron chi connectivity index (χ2n) is 6.23. The van der Waals surface area contributed by atoms with Crippen LogP contribution >= 0.6 is 0 Å². The van der Waals surface area contributed by atoms with Crippen LogP contribution in [-0.2, 0) is 19.0 Å². The van der Waals surface area contributed by atoms with Crippen molar-refractivity contribution in [3.8, 4) is 0 Å². The summed E-state index contributed by atoms with van der Waals surface area (Å²) in [6, 6.07) is 12.8. The Balaban J connectivity index is 1.58. The van der Waals surface area contributed by atoms with E-state index in [1.165, 1.54) is 24.8 Å². The van der Waals surface area contributed by atoms with Crippen molar-refractivity contribution in [3.63, 3.8) is 0 Å². The Morgan fingerprint density at radius 3 is 2.57 bits per heavy atom. The molecule has 1 aliphatic rings. The quantitative estimate of drug-likeness (QED) is 0.657. The Hall–Kier alpha value is -2.30. The van der Waals surface area contributed by atoms with Crippen LogP contribution in [0.25, 0.3) is 0 Å². The highest BCUT2D eigenvalue weighted by Crippen LogP contribution is 2.43. The number of nitrogens with zero attached hydrogens (tertiary/aromatic N) is 3. The molecule has 5 nitrogen and oxygen atoms in total. The summed E-state index contributed by atoms with van der Waals surface area (Å²) in [7, 11) is 3.76. The second-order valence-corrected chi connectivity index (χ2v) is 6.23. The molecule has 2 aromatic rings. The SMILES string of the molecule is CN=C(NCc1ccnn1C)NCC1(c2ccccc2)CCC1. The number of hydrogen-bond donors (Lipinski definition) is 2. The summed E-state index contributed by atoms with van der Waals surface area (Å²) in [6.07, 6.45) is 5.59. The summed E-state index contributed by atoms with van der Waals surface area (Å²) in [5.74, 6) is 0.841. The molecule has 122 valence electrons. The van der Waals surface area contributed by atoms with Gasteiger partial charge >= 0.3 is 0 Å². The summed E-state index contributed by atoms with van der Waals surface area (Å²) in [4.78, 5) is 4.34. The highest BCUT2D eigenvalue weighted by atomic mass is 15.3. The summed E-state index contributed by atoms with van der Waals surface area (Å²) >= 11 is 0. The number of benzene rings is 1. The summed E-state index contributed by atoms with van der Waals surface area (Å²) in [5, 5.41) is 11.0. The van der Waals surface area contributed by atoms with Gasteiger partial charge in [-0.25, -0.2) is 0 Å². The van der Waals surface area contributed by atoms with Gasteiger partial charge < -0.3 is 10.6 Å². The summed E-state index contributed by atoms with van der Waals surface area (Å²) in [5.41, 5.74) is 2.82. The Morgan fingerprint density at radius 2 is 2.00 bits per heavy atom. The van der Waals surface area contributed by atoms with Crippen LogP contribution in [0.5, 0.6) is 0 Å². The maximum absolute atomic E-state index is 4.34. The number of nitrogens with one attached hydrogen (secondary N) is 2. The van der Waals surface area contributed by atoms with E-state index in [2.05, 4.69) is 51.1 Å². The van der Waals surface area contributed by atoms with E-state index in [1.54, 1.807) is 0 Å². The molecule has 0 aliphatic heterocycles. The summed E-state index contributed by atoms with van der Waals surface area (Å²) in [6.45, 7) is 1.64. The molecule has 3 rings (SSSR count). The van der Waals surface area contributed by atoms with E-state index in [1.807, 2.05) is 31.0 Å². The molecule has 0 unspecified atom stereocenters. The van der Waals surface area contributed by atoms with Crippen molar-refractivity contribution in [2.24, 2.45) is 12.0 Å². The number of rotatable bonds is 5. The first-order valence-electron chi connectivity index (χ1n) is 8.20. The standard InChI is InChI=1S/C18H25N5/c1-19-17(20-13-16-9-12-22-23(16)2)21-14-18(10-6-11-18)15-7-4-3-5-8-15/h3-5,7-9,12H,6,10-11,13-14H2,1-2H3,(H2,19,20,21). The Morgan fingerprint density at radius 1 is 1.22 bits per heavy atom. The molecule has 1 saturated carbocycles. The average Bonchev–Trinajstić information content (AvgIpc) is 2.95. The molecule has 0 spiro atoms. The van der Waals surface area contributed by atoms with Crippen LogP contribution in [0, 0.1) is 0 Å². The topological polar surface area (TPSA) is 54.2 Å². The lowest BCUT2D eigenvalue weighted by atomic mass is 9.64. The second kappa shape index (κ2) is 6.86. The van der Waals surface area contributed by atoms with Crippen molar-refractivity contribution in [1.82, 2.24) is 20.4 Å². The normalized spacial score (nSPS) is 16.7. The minimum absolute atomic E-state index is 0.255. The first-order valence-corrected chi connectivity index (χ1v) is 8.20. The minimum atomic E-state index is 0.255. The van der Waals surface area contributed by atoms with E-state index in [9.17, 15) is 0 Å². The number of aromatic nitrogens is 2. The third kappa shape index (κ3) is 3.38. The van der Waals surface area contributed by atoms with Gasteiger partial charge in [-0.1, -0.05) is 36.8 Å². The number of guanidine groups is 1. The van der Waals surface area contributed by atoms with Gasteiger partial charge in [0.25, 0.3) is 0 Å². The van der Waals surface area contributed by atoms with Crippen molar-refractivity contribution in [3.05, 3.63) is 53.9 Å². The van der Waals surface area contributed by atoms with Gasteiger partial charge in [-0.2, -0.15) is 5.10 Å². The number of hydrogen-bond acceptors (Lipinski definition) is 2. The molecule has 1 aliphatic carbocycles. The lowest BCUT2D eigenvalue weighted by Crippen LogP contribution is -2.48. The smallest absolute Gasteiger partial charge is 0.191 e. The Labute approximate surface area is 137 Å². The number of aryl methyl sites for hydroxylation is 1. The van der Waals surface area contributed by atoms with Crippen molar-refractivity contribution in [2.75, 3.05) is 13.6 Å². The molecule has 0 atom stereocenters. The van der Waals surface area contributed by atoms with Gasteiger partial charge in [-0.05, 0) is 24.5 Å². The van der Waals surface area contributed by atoms with Crippen LogP contribution in [0.1, 0.15) is 30.5 Å². The first-order chi connectivity index (χ1) is 11.2. The van der Waals surface area contributed by atoms with E-state index in [4.69, 9.17) is 0 Å². The van der Waals surface area contributed by atoms with Gasteiger partial charge in [-0.15, -0.1) is 0 Å². The molecule has 1 aromatic carbocycles. The molecule has 23 heavy (non-hydrogen) atoms. The van der Waals surface area contributed by atoms with Crippen LogP contribution in [0.4, 0.5) is 0 Å². The van der Waals surface area contributed by atoms with E-state index in [0.717, 1.165) is 18.2 Å². The molecular formula is C18H25N5. The maximum atomic E-state index is 4.34. The van der Waals surface area contributed by atoms with Gasteiger partial charge in [0.2, 0.25) is 0 Å². The van der Waals surface area contributed by atoms with Crippen molar-refractivity contribution >= 4 is 5.96 Å². The van der Waals surface area contributed by atoms with Gasteiger partial charge in [0.15, 0.2) is 5.96 Å². The predicted octanol–water partition coefficient (Wildman–Crippen LogP) is 2.21. The van der Waals surface area contributed by atoms with Crippen LogP contribution in [0.2, 0.25) is 0 Å². The molecule has 0 saturated heterocycles. The minimum Gasteiger partial charge on any atom is -0.356 e. The van der Waals surface area contributed by atoms with Crippen molar-refractivity contribution in [1.29, 1.82) is 0 Å². The van der Waals surface area contributed by atoms with E-state index in [-0.39, 0.29) is 5.41 Å². The molecule has 2 N–H and O–H groups in total. The molecule has 0 radical (unpaired) electrons. The third-order valence-electron chi connectivity index (χ3n) is 4.87. The van der Waals surface area contributed by atoms with E-state index < -0.39 is 0 Å². The number of aliphatic imine (C=N–C) groups is 1. The lowest BCUT2D eigenvalue weighted by molar-refractivity contribution is 0.244. The zero-order chi connectivity index (χ0) is 16.1. The fourth-order valence-electron chi connectivity index (χ4n) is 3.19. The van der Waals surface area contributed by atoms with Crippen LogP contribution in [0.3, 0.4) is 0 Å². The zero-order valence-corrected chi connectivity index (χ0v) is 13.9. The average molecular weight is 311 g/mol. The molecule has 0 bridgehead atoms. The van der Waals surface area contributed by atoms with Crippen LogP contribution in [-0.4, -0.2) is 29.3 Å². The Bertz CT molecular complexity index is 655. The van der Waals surface area contributed by atoms with Gasteiger partial charge in [0.1, 0.15) is 0 Å². The monoisotopic (exact) mass is 311 g/mol. The van der Waals surface area contributed by atoms with Crippen LogP contribution in [0.15, 0.2) is 47.6 Å².